The Morgan fingerprint density at radius 1 is 1.04 bits per heavy atom. The zero-order valence-corrected chi connectivity index (χ0v) is 14.5. The molecule has 1 aromatic carbocycles. The fourth-order valence-corrected chi connectivity index (χ4v) is 2.36. The summed E-state index contributed by atoms with van der Waals surface area (Å²) in [6.07, 6.45) is 2.15. The number of H-pyrrole nitrogens is 1. The van der Waals surface area contributed by atoms with Crippen molar-refractivity contribution in [3.63, 3.8) is 0 Å². The summed E-state index contributed by atoms with van der Waals surface area (Å²) in [4.78, 5) is 2.86. The van der Waals surface area contributed by atoms with E-state index in [2.05, 4.69) is 4.98 Å². The highest BCUT2D eigenvalue weighted by atomic mass is 35.5. The lowest BCUT2D eigenvalue weighted by atomic mass is 10.1. The Labute approximate surface area is 145 Å². The Balaban J connectivity index is 1.98. The average molecular weight is 358 g/mol. The minimum atomic E-state index is -0.358. The number of hydrogen-bond donors (Lipinski definition) is 1. The Bertz CT molecular complexity index is 648. The van der Waals surface area contributed by atoms with Crippen LogP contribution in [0.3, 0.4) is 0 Å². The zero-order valence-electron chi connectivity index (χ0n) is 13.7. The first-order valence-corrected chi connectivity index (χ1v) is 7.90. The molecule has 24 heavy (non-hydrogen) atoms. The molecule has 0 saturated heterocycles. The first kappa shape index (κ1) is 18.6. The normalized spacial score (nSPS) is 10.8. The van der Waals surface area contributed by atoms with Crippen LogP contribution in [0.15, 0.2) is 24.4 Å². The molecule has 2 rings (SSSR count). The van der Waals surface area contributed by atoms with E-state index in [0.717, 1.165) is 5.56 Å². The zero-order chi connectivity index (χ0) is 17.4. The number of rotatable bonds is 10. The molecule has 5 nitrogen and oxygen atoms in total. The molecule has 1 N–H and O–H groups in total. The predicted octanol–water partition coefficient (Wildman–Crippen LogP) is 3.45. The smallest absolute Gasteiger partial charge is 0.164 e. The highest BCUT2D eigenvalue weighted by molar-refractivity contribution is 6.29. The Hall–Kier alpha value is -1.76. The number of nitrogens with one attached hydrogen (secondary N) is 1. The van der Waals surface area contributed by atoms with Crippen LogP contribution in [0.1, 0.15) is 11.1 Å². The third kappa shape index (κ3) is 5.40. The lowest BCUT2D eigenvalue weighted by Crippen LogP contribution is -2.10. The molecule has 0 saturated carbocycles. The molecule has 2 aromatic rings. The fraction of sp³-hybridized carbons (Fsp3) is 0.412. The van der Waals surface area contributed by atoms with E-state index in [1.807, 2.05) is 0 Å². The van der Waals surface area contributed by atoms with Crippen LogP contribution in [-0.4, -0.2) is 45.6 Å². The van der Waals surface area contributed by atoms with E-state index in [1.54, 1.807) is 25.4 Å². The largest absolute Gasteiger partial charge is 0.493 e. The third-order valence-corrected chi connectivity index (χ3v) is 3.57. The number of benzene rings is 1. The quantitative estimate of drug-likeness (QED) is 0.662. The molecule has 0 radical (unpaired) electrons. The molecule has 7 heteroatoms. The first-order chi connectivity index (χ1) is 11.6. The van der Waals surface area contributed by atoms with Crippen molar-refractivity contribution in [2.45, 2.75) is 6.42 Å². The number of hydrogen-bond acceptors (Lipinski definition) is 4. The van der Waals surface area contributed by atoms with Crippen LogP contribution in [0.4, 0.5) is 4.39 Å². The van der Waals surface area contributed by atoms with Gasteiger partial charge in [0, 0.05) is 25.8 Å². The van der Waals surface area contributed by atoms with Crippen molar-refractivity contribution < 1.29 is 23.3 Å². The number of aromatic amines is 1. The molecule has 132 valence electrons. The van der Waals surface area contributed by atoms with E-state index < -0.39 is 0 Å². The molecule has 0 unspecified atom stereocenters. The van der Waals surface area contributed by atoms with Crippen molar-refractivity contribution >= 4 is 11.6 Å². The van der Waals surface area contributed by atoms with Crippen molar-refractivity contribution in [2.24, 2.45) is 0 Å². The second-order valence-corrected chi connectivity index (χ2v) is 5.49. The van der Waals surface area contributed by atoms with Crippen molar-refractivity contribution in [3.05, 3.63) is 46.5 Å². The molecule has 0 fully saturated rings. The van der Waals surface area contributed by atoms with Crippen LogP contribution in [-0.2, 0) is 15.9 Å². The third-order valence-electron chi connectivity index (χ3n) is 3.35. The van der Waals surface area contributed by atoms with E-state index in [9.17, 15) is 4.39 Å². The van der Waals surface area contributed by atoms with Gasteiger partial charge in [0.2, 0.25) is 0 Å². The summed E-state index contributed by atoms with van der Waals surface area (Å²) in [5.41, 5.74) is 1.40. The number of methoxy groups -OCH3 is 2. The van der Waals surface area contributed by atoms with Crippen LogP contribution in [0.5, 0.6) is 11.5 Å². The van der Waals surface area contributed by atoms with Crippen LogP contribution in [0, 0.1) is 5.82 Å². The van der Waals surface area contributed by atoms with E-state index >= 15 is 0 Å². The SMILES string of the molecule is COCCOCCOc1cc(F)c(Cc2c[nH]c(Cl)c2)cc1OC. The van der Waals surface area contributed by atoms with Gasteiger partial charge in [-0.25, -0.2) is 4.39 Å². The van der Waals surface area contributed by atoms with Gasteiger partial charge in [0.1, 0.15) is 17.6 Å². The highest BCUT2D eigenvalue weighted by Gasteiger charge is 2.13. The molecular formula is C17H21ClFNO4. The number of aromatic nitrogens is 1. The van der Waals surface area contributed by atoms with Gasteiger partial charge in [-0.1, -0.05) is 11.6 Å². The fourth-order valence-electron chi connectivity index (χ4n) is 2.17. The summed E-state index contributed by atoms with van der Waals surface area (Å²) in [6.45, 7) is 1.70. The van der Waals surface area contributed by atoms with E-state index in [4.69, 9.17) is 30.5 Å². The Morgan fingerprint density at radius 2 is 1.83 bits per heavy atom. The summed E-state index contributed by atoms with van der Waals surface area (Å²) in [6, 6.07) is 4.73. The number of halogens is 2. The van der Waals surface area contributed by atoms with Gasteiger partial charge in [0.05, 0.1) is 26.9 Å². The maximum absolute atomic E-state index is 14.3. The number of ether oxygens (including phenoxy) is 4. The molecule has 0 bridgehead atoms. The minimum Gasteiger partial charge on any atom is -0.493 e. The van der Waals surface area contributed by atoms with Crippen LogP contribution < -0.4 is 9.47 Å². The standard InChI is InChI=1S/C17H21ClFNO4/c1-21-3-4-23-5-6-24-16-10-14(19)13(9-15(16)22-2)7-12-8-17(18)20-11-12/h8-11,20H,3-7H2,1-2H3. The van der Waals surface area contributed by atoms with Gasteiger partial charge in [-0.15, -0.1) is 0 Å². The van der Waals surface area contributed by atoms with Gasteiger partial charge < -0.3 is 23.9 Å². The van der Waals surface area contributed by atoms with Gasteiger partial charge in [0.25, 0.3) is 0 Å². The summed E-state index contributed by atoms with van der Waals surface area (Å²) >= 11 is 5.84. The van der Waals surface area contributed by atoms with Gasteiger partial charge >= 0.3 is 0 Å². The molecule has 0 aliphatic heterocycles. The first-order valence-electron chi connectivity index (χ1n) is 7.52. The highest BCUT2D eigenvalue weighted by Crippen LogP contribution is 2.31. The Kier molecular flexibility index (Phi) is 7.36. The monoisotopic (exact) mass is 357 g/mol. The van der Waals surface area contributed by atoms with Gasteiger partial charge in [-0.05, 0) is 23.3 Å². The lowest BCUT2D eigenvalue weighted by Gasteiger charge is -2.13. The summed E-state index contributed by atoms with van der Waals surface area (Å²) in [5, 5.41) is 0.519. The summed E-state index contributed by atoms with van der Waals surface area (Å²) in [7, 11) is 3.13. The predicted molar refractivity (Wildman–Crippen MR) is 89.8 cm³/mol. The molecule has 0 aliphatic rings. The lowest BCUT2D eigenvalue weighted by molar-refractivity contribution is 0.0539. The molecule has 0 amide bonds. The average Bonchev–Trinajstić information content (AvgIpc) is 2.98. The van der Waals surface area contributed by atoms with E-state index in [0.29, 0.717) is 55.1 Å². The van der Waals surface area contributed by atoms with Crippen molar-refractivity contribution in [2.75, 3.05) is 40.6 Å². The minimum absolute atomic E-state index is 0.298. The van der Waals surface area contributed by atoms with E-state index in [-0.39, 0.29) is 5.82 Å². The topological polar surface area (TPSA) is 52.7 Å². The summed E-state index contributed by atoms with van der Waals surface area (Å²) in [5.74, 6) is 0.467. The molecule has 1 aromatic heterocycles. The maximum Gasteiger partial charge on any atom is 0.164 e. The van der Waals surface area contributed by atoms with Crippen LogP contribution in [0.2, 0.25) is 5.15 Å². The van der Waals surface area contributed by atoms with Crippen LogP contribution >= 0.6 is 11.6 Å². The van der Waals surface area contributed by atoms with Crippen LogP contribution in [0.25, 0.3) is 0 Å². The Morgan fingerprint density at radius 3 is 2.50 bits per heavy atom. The van der Waals surface area contributed by atoms with Crippen molar-refractivity contribution in [1.82, 2.24) is 4.98 Å². The van der Waals surface area contributed by atoms with Gasteiger partial charge in [-0.3, -0.25) is 0 Å². The van der Waals surface area contributed by atoms with Crippen molar-refractivity contribution in [3.8, 4) is 11.5 Å². The molecule has 1 heterocycles. The van der Waals surface area contributed by atoms with Crippen molar-refractivity contribution in [1.29, 1.82) is 0 Å². The molecule has 0 aliphatic carbocycles. The van der Waals surface area contributed by atoms with Gasteiger partial charge in [0.15, 0.2) is 11.5 Å². The second kappa shape index (κ2) is 9.52. The molecule has 0 spiro atoms. The maximum atomic E-state index is 14.3. The summed E-state index contributed by atoms with van der Waals surface area (Å²) < 4.78 is 35.3. The molecule has 0 atom stereocenters. The van der Waals surface area contributed by atoms with Gasteiger partial charge in [-0.2, -0.15) is 0 Å². The molecular weight excluding hydrogens is 337 g/mol. The second-order valence-electron chi connectivity index (χ2n) is 5.08. The van der Waals surface area contributed by atoms with E-state index in [1.165, 1.54) is 13.2 Å².